The highest BCUT2D eigenvalue weighted by Crippen LogP contribution is 2.15. The SMILES string of the molecule is CCCCCCCCCC(O)OCC(CC)CCCC. The molecule has 20 heavy (non-hydrogen) atoms. The summed E-state index contributed by atoms with van der Waals surface area (Å²) < 4.78 is 5.59. The standard InChI is InChI=1S/C18H38O2/c1-4-7-9-10-11-12-13-15-18(19)20-16-17(6-3)14-8-5-2/h17-19H,4-16H2,1-3H3. The monoisotopic (exact) mass is 286 g/mol. The van der Waals surface area contributed by atoms with E-state index in [9.17, 15) is 5.11 Å². The van der Waals surface area contributed by atoms with E-state index in [4.69, 9.17) is 4.74 Å². The molecule has 0 fully saturated rings. The Morgan fingerprint density at radius 2 is 1.35 bits per heavy atom. The van der Waals surface area contributed by atoms with E-state index in [2.05, 4.69) is 20.8 Å². The van der Waals surface area contributed by atoms with Crippen LogP contribution in [0.25, 0.3) is 0 Å². The number of aliphatic hydroxyl groups is 1. The average Bonchev–Trinajstić information content (AvgIpc) is 2.46. The zero-order valence-corrected chi connectivity index (χ0v) is 14.2. The van der Waals surface area contributed by atoms with Gasteiger partial charge in [0.05, 0.1) is 6.61 Å². The van der Waals surface area contributed by atoms with Gasteiger partial charge in [-0.3, -0.25) is 0 Å². The summed E-state index contributed by atoms with van der Waals surface area (Å²) in [5.74, 6) is 0.624. The molecule has 0 aromatic carbocycles. The molecule has 122 valence electrons. The lowest BCUT2D eigenvalue weighted by Crippen LogP contribution is -2.17. The quantitative estimate of drug-likeness (QED) is 0.310. The molecule has 1 N–H and O–H groups in total. The highest BCUT2D eigenvalue weighted by atomic mass is 16.6. The summed E-state index contributed by atoms with van der Waals surface area (Å²) in [6, 6.07) is 0. The second-order valence-electron chi connectivity index (χ2n) is 6.11. The summed E-state index contributed by atoms with van der Waals surface area (Å²) in [7, 11) is 0. The fraction of sp³-hybridized carbons (Fsp3) is 1.00. The molecule has 0 spiro atoms. The van der Waals surface area contributed by atoms with Crippen molar-refractivity contribution in [1.29, 1.82) is 0 Å². The highest BCUT2D eigenvalue weighted by molar-refractivity contribution is 4.57. The van der Waals surface area contributed by atoms with Crippen molar-refractivity contribution in [3.8, 4) is 0 Å². The fourth-order valence-corrected chi connectivity index (χ4v) is 2.50. The molecule has 2 nitrogen and oxygen atoms in total. The number of rotatable bonds is 15. The molecule has 0 aliphatic rings. The first-order valence-corrected chi connectivity index (χ1v) is 9.04. The maximum Gasteiger partial charge on any atom is 0.154 e. The summed E-state index contributed by atoms with van der Waals surface area (Å²) in [6.07, 6.45) is 14.2. The van der Waals surface area contributed by atoms with Crippen LogP contribution in [-0.2, 0) is 4.74 Å². The Morgan fingerprint density at radius 1 is 0.750 bits per heavy atom. The summed E-state index contributed by atoms with van der Waals surface area (Å²) in [4.78, 5) is 0. The normalized spacial score (nSPS) is 14.4. The van der Waals surface area contributed by atoms with Gasteiger partial charge in [0.25, 0.3) is 0 Å². The molecule has 0 amide bonds. The summed E-state index contributed by atoms with van der Waals surface area (Å²) >= 11 is 0. The van der Waals surface area contributed by atoms with Crippen LogP contribution < -0.4 is 0 Å². The number of unbranched alkanes of at least 4 members (excludes halogenated alkanes) is 7. The molecule has 0 bridgehead atoms. The number of hydrogen-bond donors (Lipinski definition) is 1. The van der Waals surface area contributed by atoms with E-state index in [1.54, 1.807) is 0 Å². The van der Waals surface area contributed by atoms with Crippen LogP contribution >= 0.6 is 0 Å². The van der Waals surface area contributed by atoms with Crippen LogP contribution in [0.2, 0.25) is 0 Å². The third kappa shape index (κ3) is 12.9. The van der Waals surface area contributed by atoms with E-state index < -0.39 is 6.29 Å². The average molecular weight is 287 g/mol. The Labute approximate surface area is 127 Å². The maximum absolute atomic E-state index is 9.84. The van der Waals surface area contributed by atoms with E-state index in [1.165, 1.54) is 57.8 Å². The van der Waals surface area contributed by atoms with Crippen LogP contribution in [0.15, 0.2) is 0 Å². The van der Waals surface area contributed by atoms with E-state index >= 15 is 0 Å². The van der Waals surface area contributed by atoms with E-state index in [1.807, 2.05) is 0 Å². The van der Waals surface area contributed by atoms with Gasteiger partial charge in [-0.15, -0.1) is 0 Å². The van der Waals surface area contributed by atoms with Crippen LogP contribution in [0.5, 0.6) is 0 Å². The minimum atomic E-state index is -0.540. The molecule has 0 aromatic rings. The van der Waals surface area contributed by atoms with Gasteiger partial charge in [-0.25, -0.2) is 0 Å². The summed E-state index contributed by atoms with van der Waals surface area (Å²) in [6.45, 7) is 7.42. The Balaban J connectivity index is 3.40. The number of hydrogen-bond acceptors (Lipinski definition) is 2. The Bertz CT molecular complexity index is 182. The van der Waals surface area contributed by atoms with Crippen LogP contribution in [0, 0.1) is 5.92 Å². The van der Waals surface area contributed by atoms with Gasteiger partial charge in [0, 0.05) is 0 Å². The minimum absolute atomic E-state index is 0.540. The van der Waals surface area contributed by atoms with Gasteiger partial charge in [-0.2, -0.15) is 0 Å². The fourth-order valence-electron chi connectivity index (χ4n) is 2.50. The highest BCUT2D eigenvalue weighted by Gasteiger charge is 2.10. The lowest BCUT2D eigenvalue weighted by Gasteiger charge is -2.18. The second-order valence-corrected chi connectivity index (χ2v) is 6.11. The van der Waals surface area contributed by atoms with Crippen LogP contribution in [0.3, 0.4) is 0 Å². The molecule has 0 saturated heterocycles. The lowest BCUT2D eigenvalue weighted by molar-refractivity contribution is -0.115. The third-order valence-electron chi connectivity index (χ3n) is 4.12. The molecule has 0 rings (SSSR count). The van der Waals surface area contributed by atoms with E-state index in [-0.39, 0.29) is 0 Å². The first kappa shape index (κ1) is 19.9. The van der Waals surface area contributed by atoms with Crippen LogP contribution in [0.4, 0.5) is 0 Å². The molecule has 0 aromatic heterocycles. The third-order valence-corrected chi connectivity index (χ3v) is 4.12. The molecule has 0 saturated carbocycles. The van der Waals surface area contributed by atoms with Crippen molar-refractivity contribution in [2.24, 2.45) is 5.92 Å². The second kappa shape index (κ2) is 15.3. The Hall–Kier alpha value is -0.0800. The van der Waals surface area contributed by atoms with Crippen molar-refractivity contribution in [3.63, 3.8) is 0 Å². The van der Waals surface area contributed by atoms with Gasteiger partial charge in [-0.05, 0) is 25.2 Å². The first-order valence-electron chi connectivity index (χ1n) is 9.04. The first-order chi connectivity index (χ1) is 9.74. The number of ether oxygens (including phenoxy) is 1. The maximum atomic E-state index is 9.84. The van der Waals surface area contributed by atoms with Crippen LogP contribution in [0.1, 0.15) is 97.8 Å². The van der Waals surface area contributed by atoms with Gasteiger partial charge in [-0.1, -0.05) is 78.6 Å². The molecule has 0 aliphatic carbocycles. The van der Waals surface area contributed by atoms with Gasteiger partial charge < -0.3 is 9.84 Å². The van der Waals surface area contributed by atoms with E-state index in [0.717, 1.165) is 25.9 Å². The summed E-state index contributed by atoms with van der Waals surface area (Å²) in [5.41, 5.74) is 0. The zero-order chi connectivity index (χ0) is 15.1. The predicted octanol–water partition coefficient (Wildman–Crippen LogP) is 5.68. The molecule has 2 atom stereocenters. The van der Waals surface area contributed by atoms with E-state index in [0.29, 0.717) is 5.92 Å². The molecular formula is C18H38O2. The largest absolute Gasteiger partial charge is 0.368 e. The molecule has 2 unspecified atom stereocenters. The Morgan fingerprint density at radius 3 is 1.95 bits per heavy atom. The van der Waals surface area contributed by atoms with Gasteiger partial charge in [0.2, 0.25) is 0 Å². The molecule has 0 radical (unpaired) electrons. The van der Waals surface area contributed by atoms with Gasteiger partial charge >= 0.3 is 0 Å². The smallest absolute Gasteiger partial charge is 0.154 e. The zero-order valence-electron chi connectivity index (χ0n) is 14.2. The van der Waals surface area contributed by atoms with Crippen molar-refractivity contribution in [2.45, 2.75) is 104 Å². The van der Waals surface area contributed by atoms with Crippen molar-refractivity contribution in [2.75, 3.05) is 6.61 Å². The molecular weight excluding hydrogens is 248 g/mol. The molecule has 2 heteroatoms. The lowest BCUT2D eigenvalue weighted by atomic mass is 10.0. The van der Waals surface area contributed by atoms with Crippen molar-refractivity contribution in [3.05, 3.63) is 0 Å². The molecule has 0 heterocycles. The van der Waals surface area contributed by atoms with Gasteiger partial charge in [0.15, 0.2) is 6.29 Å². The van der Waals surface area contributed by atoms with Crippen molar-refractivity contribution in [1.82, 2.24) is 0 Å². The Kier molecular flexibility index (Phi) is 15.3. The predicted molar refractivity (Wildman–Crippen MR) is 87.9 cm³/mol. The van der Waals surface area contributed by atoms with Crippen molar-refractivity contribution < 1.29 is 9.84 Å². The summed E-state index contributed by atoms with van der Waals surface area (Å²) in [5, 5.41) is 9.84. The van der Waals surface area contributed by atoms with Gasteiger partial charge in [0.1, 0.15) is 0 Å². The topological polar surface area (TPSA) is 29.5 Å². The minimum Gasteiger partial charge on any atom is -0.368 e. The number of aliphatic hydroxyl groups excluding tert-OH is 1. The molecule has 0 aliphatic heterocycles. The van der Waals surface area contributed by atoms with Crippen molar-refractivity contribution >= 4 is 0 Å². The van der Waals surface area contributed by atoms with Crippen LogP contribution in [-0.4, -0.2) is 18.0 Å².